The molecule has 0 amide bonds. The van der Waals surface area contributed by atoms with Crippen LogP contribution in [0.1, 0.15) is 66.9 Å². The molecule has 0 atom stereocenters. The van der Waals surface area contributed by atoms with Crippen LogP contribution in [0.4, 0.5) is 17.6 Å². The predicted molar refractivity (Wildman–Crippen MR) is 138 cm³/mol. The number of alkyl halides is 4. The molecule has 2 aromatic heterocycles. The van der Waals surface area contributed by atoms with Crippen molar-refractivity contribution in [2.45, 2.75) is 76.6 Å². The van der Waals surface area contributed by atoms with Gasteiger partial charge in [0.15, 0.2) is 5.78 Å². The topological polar surface area (TPSA) is 68.2 Å². The smallest absolute Gasteiger partial charge is 0.392 e. The molecule has 2 aliphatic rings. The molecule has 0 spiro atoms. The van der Waals surface area contributed by atoms with Gasteiger partial charge in [-0.1, -0.05) is 11.3 Å². The van der Waals surface area contributed by atoms with Crippen LogP contribution in [0.25, 0.3) is 6.08 Å². The quantitative estimate of drug-likeness (QED) is 0.268. The van der Waals surface area contributed by atoms with E-state index in [4.69, 9.17) is 4.74 Å². The van der Waals surface area contributed by atoms with Crippen LogP contribution < -0.4 is 4.74 Å². The molecule has 4 rings (SSSR count). The molecule has 1 aliphatic heterocycles. The molecule has 2 aromatic rings. The number of ether oxygens (including phenoxy) is 1. The number of hydrogen-bond acceptors (Lipinski definition) is 7. The second-order valence-corrected chi connectivity index (χ2v) is 11.4. The summed E-state index contributed by atoms with van der Waals surface area (Å²) in [5.41, 5.74) is 0.455. The van der Waals surface area contributed by atoms with Gasteiger partial charge in [0.25, 0.3) is 5.19 Å². The van der Waals surface area contributed by atoms with Crippen LogP contribution in [0.3, 0.4) is 0 Å². The van der Waals surface area contributed by atoms with Crippen molar-refractivity contribution < 1.29 is 27.1 Å². The summed E-state index contributed by atoms with van der Waals surface area (Å²) in [5.74, 6) is 0.930. The average Bonchev–Trinajstić information content (AvgIpc) is 3.15. The molecular formula is C27H34F4N4O2S. The summed E-state index contributed by atoms with van der Waals surface area (Å²) in [6.07, 6.45) is 6.10. The molecule has 0 N–H and O–H groups in total. The van der Waals surface area contributed by atoms with E-state index in [-0.39, 0.29) is 11.7 Å². The number of nitrogens with zero attached hydrogens (tertiary/aromatic N) is 4. The van der Waals surface area contributed by atoms with Crippen molar-refractivity contribution in [3.63, 3.8) is 0 Å². The number of rotatable bonds is 10. The number of halogens is 4. The molecule has 0 unspecified atom stereocenters. The van der Waals surface area contributed by atoms with Gasteiger partial charge in [0, 0.05) is 55.3 Å². The fourth-order valence-electron chi connectivity index (χ4n) is 4.96. The fraction of sp³-hybridized carbons (Fsp3) is 0.630. The number of aromatic nitrogens is 3. The first-order valence-electron chi connectivity index (χ1n) is 13.2. The van der Waals surface area contributed by atoms with Crippen LogP contribution in [0.15, 0.2) is 18.5 Å². The predicted octanol–water partition coefficient (Wildman–Crippen LogP) is 5.93. The summed E-state index contributed by atoms with van der Waals surface area (Å²) in [5, 5.41) is 0.297. The molecule has 38 heavy (non-hydrogen) atoms. The maximum atomic E-state index is 15.6. The maximum Gasteiger partial charge on any atom is 0.392 e. The van der Waals surface area contributed by atoms with Crippen molar-refractivity contribution >= 4 is 23.2 Å². The summed E-state index contributed by atoms with van der Waals surface area (Å²) in [6, 6.07) is 0. The van der Waals surface area contributed by atoms with Gasteiger partial charge < -0.3 is 9.64 Å². The molecule has 0 radical (unpaired) electrons. The average molecular weight is 555 g/mol. The minimum absolute atomic E-state index is 0.0430. The minimum Gasteiger partial charge on any atom is -0.470 e. The molecular weight excluding hydrogens is 520 g/mol. The molecule has 0 bridgehead atoms. The summed E-state index contributed by atoms with van der Waals surface area (Å²) in [4.78, 5) is 28.3. The van der Waals surface area contributed by atoms with Gasteiger partial charge in [-0.3, -0.25) is 4.79 Å². The zero-order valence-corrected chi connectivity index (χ0v) is 22.4. The fourth-order valence-corrected chi connectivity index (χ4v) is 5.93. The van der Waals surface area contributed by atoms with E-state index < -0.39 is 24.9 Å². The summed E-state index contributed by atoms with van der Waals surface area (Å²) in [6.45, 7) is 3.55. The third kappa shape index (κ3) is 8.83. The standard InChI is InChI=1S/C27H34F4N4O2S/c1-19-32-17-21(18-33-19)2-3-22(36)16-20-4-8-26(28,9-5-20)10-14-35-12-6-23-24(7-13-35)38-25(34-23)37-15-11-27(29,30)31/h2-3,17-18,20H,4-16H2,1H3. The monoisotopic (exact) mass is 554 g/mol. The van der Waals surface area contributed by atoms with E-state index in [1.54, 1.807) is 31.5 Å². The first kappa shape index (κ1) is 28.6. The highest BCUT2D eigenvalue weighted by Gasteiger charge is 2.36. The minimum atomic E-state index is -4.24. The van der Waals surface area contributed by atoms with Crippen LogP contribution in [0.2, 0.25) is 0 Å². The van der Waals surface area contributed by atoms with E-state index in [0.29, 0.717) is 62.5 Å². The number of ketones is 1. The number of thiazole rings is 1. The Labute approximate surface area is 224 Å². The Hall–Kier alpha value is -2.40. The van der Waals surface area contributed by atoms with Gasteiger partial charge >= 0.3 is 6.18 Å². The molecule has 0 saturated heterocycles. The van der Waals surface area contributed by atoms with Crippen molar-refractivity contribution in [3.05, 3.63) is 40.4 Å². The second-order valence-electron chi connectivity index (χ2n) is 10.3. The highest BCUT2D eigenvalue weighted by Crippen LogP contribution is 2.39. The van der Waals surface area contributed by atoms with E-state index in [1.165, 1.54) is 11.3 Å². The molecule has 0 aromatic carbocycles. The van der Waals surface area contributed by atoms with Gasteiger partial charge in [-0.25, -0.2) is 19.3 Å². The molecule has 3 heterocycles. The number of hydrogen-bond donors (Lipinski definition) is 0. The van der Waals surface area contributed by atoms with Crippen LogP contribution in [0, 0.1) is 12.8 Å². The van der Waals surface area contributed by atoms with Gasteiger partial charge in [-0.05, 0) is 63.5 Å². The Bertz CT molecular complexity index is 1070. The highest BCUT2D eigenvalue weighted by atomic mass is 32.1. The van der Waals surface area contributed by atoms with Crippen molar-refractivity contribution in [1.29, 1.82) is 0 Å². The molecule has 1 saturated carbocycles. The highest BCUT2D eigenvalue weighted by molar-refractivity contribution is 7.13. The molecule has 208 valence electrons. The first-order chi connectivity index (χ1) is 18.1. The lowest BCUT2D eigenvalue weighted by Gasteiger charge is -2.35. The Morgan fingerprint density at radius 1 is 1.21 bits per heavy atom. The number of fused-ring (bicyclic) bond motifs is 1. The lowest BCUT2D eigenvalue weighted by Crippen LogP contribution is -2.36. The largest absolute Gasteiger partial charge is 0.470 e. The van der Waals surface area contributed by atoms with E-state index in [9.17, 15) is 18.0 Å². The Morgan fingerprint density at radius 3 is 2.63 bits per heavy atom. The van der Waals surface area contributed by atoms with Gasteiger partial charge in [-0.2, -0.15) is 13.2 Å². The summed E-state index contributed by atoms with van der Waals surface area (Å²) in [7, 11) is 0. The van der Waals surface area contributed by atoms with E-state index >= 15 is 4.39 Å². The number of carbonyl (C=O) groups is 1. The van der Waals surface area contributed by atoms with Gasteiger partial charge in [0.05, 0.1) is 18.7 Å². The van der Waals surface area contributed by atoms with Gasteiger partial charge in [0.1, 0.15) is 11.5 Å². The van der Waals surface area contributed by atoms with E-state index in [0.717, 1.165) is 35.6 Å². The lowest BCUT2D eigenvalue weighted by molar-refractivity contribution is -0.139. The SMILES string of the molecule is Cc1ncc(C=CC(=O)CC2CCC(F)(CCN3CCc4nc(OCCC(F)(F)F)sc4CC3)CC2)cn1. The third-order valence-corrected chi connectivity index (χ3v) is 8.39. The Kier molecular flexibility index (Phi) is 9.51. The van der Waals surface area contributed by atoms with Crippen molar-refractivity contribution in [2.24, 2.45) is 5.92 Å². The first-order valence-corrected chi connectivity index (χ1v) is 14.0. The summed E-state index contributed by atoms with van der Waals surface area (Å²) >= 11 is 1.31. The normalized spacial score (nSPS) is 22.8. The number of aryl methyl sites for hydroxylation is 1. The second kappa shape index (κ2) is 12.6. The molecule has 1 aliphatic carbocycles. The molecule has 6 nitrogen and oxygen atoms in total. The van der Waals surface area contributed by atoms with Crippen LogP contribution in [-0.2, 0) is 17.6 Å². The van der Waals surface area contributed by atoms with Crippen molar-refractivity contribution in [1.82, 2.24) is 19.9 Å². The zero-order valence-electron chi connectivity index (χ0n) is 21.6. The van der Waals surface area contributed by atoms with Crippen molar-refractivity contribution in [2.75, 3.05) is 26.2 Å². The van der Waals surface area contributed by atoms with E-state index in [2.05, 4.69) is 19.9 Å². The van der Waals surface area contributed by atoms with Crippen LogP contribution in [-0.4, -0.2) is 63.7 Å². The third-order valence-electron chi connectivity index (χ3n) is 7.32. The van der Waals surface area contributed by atoms with Crippen LogP contribution >= 0.6 is 11.3 Å². The Balaban J connectivity index is 1.16. The molecule has 1 fully saturated rings. The van der Waals surface area contributed by atoms with E-state index in [1.807, 2.05) is 0 Å². The number of allylic oxidation sites excluding steroid dienone is 1. The Morgan fingerprint density at radius 2 is 1.92 bits per heavy atom. The zero-order chi connectivity index (χ0) is 27.2. The molecule has 11 heteroatoms. The van der Waals surface area contributed by atoms with Crippen molar-refractivity contribution in [3.8, 4) is 5.19 Å². The lowest BCUT2D eigenvalue weighted by atomic mass is 9.76. The van der Waals surface area contributed by atoms with Gasteiger partial charge in [-0.15, -0.1) is 0 Å². The maximum absolute atomic E-state index is 15.6. The number of carbonyl (C=O) groups excluding carboxylic acids is 1. The van der Waals surface area contributed by atoms with Gasteiger partial charge in [0.2, 0.25) is 0 Å². The summed E-state index contributed by atoms with van der Waals surface area (Å²) < 4.78 is 57.7. The van der Waals surface area contributed by atoms with Crippen LogP contribution in [0.5, 0.6) is 5.19 Å².